The van der Waals surface area contributed by atoms with Crippen LogP contribution in [0.2, 0.25) is 0 Å². The number of hydrogen-bond acceptors (Lipinski definition) is 1. The molecule has 0 fully saturated rings. The van der Waals surface area contributed by atoms with Gasteiger partial charge in [-0.3, -0.25) is 0 Å². The Morgan fingerprint density at radius 1 is 0.909 bits per heavy atom. The second kappa shape index (κ2) is 9.41. The largest absolute Gasteiger partial charge is 0.303 e. The van der Waals surface area contributed by atoms with E-state index in [0.717, 1.165) is 25.5 Å². The quantitative estimate of drug-likeness (QED) is 0.298. The SMILES string of the molecule is C=CCCCCCCCC=O. The minimum atomic E-state index is 0.738. The molecule has 0 aromatic carbocycles. The highest BCUT2D eigenvalue weighted by atomic mass is 16.1. The van der Waals surface area contributed by atoms with Gasteiger partial charge in [0.25, 0.3) is 0 Å². The van der Waals surface area contributed by atoms with Crippen LogP contribution in [0.1, 0.15) is 44.9 Å². The van der Waals surface area contributed by atoms with Crippen LogP contribution in [0, 0.1) is 0 Å². The first-order valence-electron chi connectivity index (χ1n) is 4.46. The molecule has 1 heteroatoms. The van der Waals surface area contributed by atoms with E-state index < -0.39 is 0 Å². The van der Waals surface area contributed by atoms with Crippen molar-refractivity contribution in [1.82, 2.24) is 0 Å². The summed E-state index contributed by atoms with van der Waals surface area (Å²) in [6.45, 7) is 3.66. The van der Waals surface area contributed by atoms with Gasteiger partial charge in [-0.1, -0.05) is 25.3 Å². The van der Waals surface area contributed by atoms with E-state index in [1.165, 1.54) is 25.7 Å². The van der Waals surface area contributed by atoms with Crippen LogP contribution in [0.4, 0.5) is 0 Å². The monoisotopic (exact) mass is 154 g/mol. The van der Waals surface area contributed by atoms with Crippen molar-refractivity contribution < 1.29 is 4.79 Å². The number of rotatable bonds is 8. The summed E-state index contributed by atoms with van der Waals surface area (Å²) in [5, 5.41) is 0. The third kappa shape index (κ3) is 9.41. The van der Waals surface area contributed by atoms with Gasteiger partial charge in [0.15, 0.2) is 0 Å². The van der Waals surface area contributed by atoms with Gasteiger partial charge < -0.3 is 4.79 Å². The number of aldehydes is 1. The molecular formula is C10H18O. The van der Waals surface area contributed by atoms with Gasteiger partial charge in [0, 0.05) is 6.42 Å². The molecule has 0 saturated carbocycles. The predicted molar refractivity (Wildman–Crippen MR) is 48.6 cm³/mol. The molecule has 0 unspecified atom stereocenters. The van der Waals surface area contributed by atoms with Crippen molar-refractivity contribution in [3.63, 3.8) is 0 Å². The van der Waals surface area contributed by atoms with E-state index in [4.69, 9.17) is 0 Å². The summed E-state index contributed by atoms with van der Waals surface area (Å²) in [6, 6.07) is 0. The zero-order valence-corrected chi connectivity index (χ0v) is 7.22. The molecule has 1 nitrogen and oxygen atoms in total. The van der Waals surface area contributed by atoms with Gasteiger partial charge in [0.05, 0.1) is 0 Å². The minimum Gasteiger partial charge on any atom is -0.303 e. The Labute approximate surface area is 69.5 Å². The van der Waals surface area contributed by atoms with E-state index in [1.54, 1.807) is 0 Å². The van der Waals surface area contributed by atoms with Gasteiger partial charge in [-0.15, -0.1) is 6.58 Å². The summed E-state index contributed by atoms with van der Waals surface area (Å²) >= 11 is 0. The van der Waals surface area contributed by atoms with E-state index in [0.29, 0.717) is 0 Å². The van der Waals surface area contributed by atoms with Gasteiger partial charge in [-0.2, -0.15) is 0 Å². The molecule has 0 aromatic rings. The van der Waals surface area contributed by atoms with E-state index in [9.17, 15) is 4.79 Å². The number of carbonyl (C=O) groups is 1. The number of carbonyl (C=O) groups excluding carboxylic acids is 1. The van der Waals surface area contributed by atoms with Crippen molar-refractivity contribution in [2.24, 2.45) is 0 Å². The molecule has 0 N–H and O–H groups in total. The zero-order chi connectivity index (χ0) is 8.36. The van der Waals surface area contributed by atoms with Crippen molar-refractivity contribution >= 4 is 6.29 Å². The lowest BCUT2D eigenvalue weighted by atomic mass is 10.1. The zero-order valence-electron chi connectivity index (χ0n) is 7.22. The summed E-state index contributed by atoms with van der Waals surface area (Å²) in [5.41, 5.74) is 0. The van der Waals surface area contributed by atoms with Crippen LogP contribution in [-0.4, -0.2) is 6.29 Å². The molecule has 0 saturated heterocycles. The molecule has 0 amide bonds. The van der Waals surface area contributed by atoms with Gasteiger partial charge in [-0.05, 0) is 19.3 Å². The second-order valence-corrected chi connectivity index (χ2v) is 2.80. The maximum atomic E-state index is 9.93. The van der Waals surface area contributed by atoms with Crippen LogP contribution in [0.25, 0.3) is 0 Å². The predicted octanol–water partition coefficient (Wildman–Crippen LogP) is 3.10. The van der Waals surface area contributed by atoms with Gasteiger partial charge in [-0.25, -0.2) is 0 Å². The van der Waals surface area contributed by atoms with Gasteiger partial charge in [0.1, 0.15) is 6.29 Å². The summed E-state index contributed by atoms with van der Waals surface area (Å²) in [7, 11) is 0. The number of allylic oxidation sites excluding steroid dienone is 1. The highest BCUT2D eigenvalue weighted by Crippen LogP contribution is 2.06. The molecule has 0 spiro atoms. The van der Waals surface area contributed by atoms with Crippen LogP contribution in [0.5, 0.6) is 0 Å². The first kappa shape index (κ1) is 10.4. The Balaban J connectivity index is 2.79. The lowest BCUT2D eigenvalue weighted by Crippen LogP contribution is -1.79. The van der Waals surface area contributed by atoms with Crippen molar-refractivity contribution in [3.05, 3.63) is 12.7 Å². The lowest BCUT2D eigenvalue weighted by Gasteiger charge is -1.96. The second-order valence-electron chi connectivity index (χ2n) is 2.80. The fourth-order valence-electron chi connectivity index (χ4n) is 1.05. The summed E-state index contributed by atoms with van der Waals surface area (Å²) in [5.74, 6) is 0. The topological polar surface area (TPSA) is 17.1 Å². The normalized spacial score (nSPS) is 9.45. The highest BCUT2D eigenvalue weighted by Gasteiger charge is 1.88. The molecule has 0 aliphatic rings. The van der Waals surface area contributed by atoms with Crippen LogP contribution in [0.3, 0.4) is 0 Å². The molecule has 0 bridgehead atoms. The van der Waals surface area contributed by atoms with Crippen LogP contribution in [0.15, 0.2) is 12.7 Å². The molecule has 0 aromatic heterocycles. The molecule has 0 aliphatic carbocycles. The average Bonchev–Trinajstić information content (AvgIpc) is 2.03. The van der Waals surface area contributed by atoms with Crippen molar-refractivity contribution in [3.8, 4) is 0 Å². The molecule has 11 heavy (non-hydrogen) atoms. The number of unbranched alkanes of at least 4 members (excludes halogenated alkanes) is 6. The Hall–Kier alpha value is -0.590. The molecule has 0 atom stereocenters. The molecule has 0 rings (SSSR count). The first-order chi connectivity index (χ1) is 5.41. The standard InChI is InChI=1S/C10H18O/c1-2-3-4-5-6-7-8-9-10-11/h2,10H,1,3-9H2. The van der Waals surface area contributed by atoms with Gasteiger partial charge >= 0.3 is 0 Å². The molecule has 0 heterocycles. The van der Waals surface area contributed by atoms with E-state index in [-0.39, 0.29) is 0 Å². The van der Waals surface area contributed by atoms with Crippen LogP contribution < -0.4 is 0 Å². The smallest absolute Gasteiger partial charge is 0.119 e. The fourth-order valence-corrected chi connectivity index (χ4v) is 1.05. The van der Waals surface area contributed by atoms with Crippen molar-refractivity contribution in [2.45, 2.75) is 44.9 Å². The Bertz CT molecular complexity index is 85.0. The lowest BCUT2D eigenvalue weighted by molar-refractivity contribution is -0.107. The maximum absolute atomic E-state index is 9.93. The third-order valence-electron chi connectivity index (χ3n) is 1.73. The molecular weight excluding hydrogens is 136 g/mol. The Kier molecular flexibility index (Phi) is 8.91. The molecule has 64 valence electrons. The Morgan fingerprint density at radius 3 is 2.00 bits per heavy atom. The molecule has 0 aliphatic heterocycles. The Morgan fingerprint density at radius 2 is 1.45 bits per heavy atom. The average molecular weight is 154 g/mol. The molecule has 0 radical (unpaired) electrons. The minimum absolute atomic E-state index is 0.738. The van der Waals surface area contributed by atoms with E-state index in [1.807, 2.05) is 6.08 Å². The maximum Gasteiger partial charge on any atom is 0.119 e. The summed E-state index contributed by atoms with van der Waals surface area (Å²) in [4.78, 5) is 9.93. The van der Waals surface area contributed by atoms with Gasteiger partial charge in [0.2, 0.25) is 0 Å². The van der Waals surface area contributed by atoms with Crippen molar-refractivity contribution in [1.29, 1.82) is 0 Å². The summed E-state index contributed by atoms with van der Waals surface area (Å²) in [6.07, 6.45) is 10.9. The van der Waals surface area contributed by atoms with Crippen LogP contribution >= 0.6 is 0 Å². The first-order valence-corrected chi connectivity index (χ1v) is 4.46. The highest BCUT2D eigenvalue weighted by molar-refractivity contribution is 5.48. The third-order valence-corrected chi connectivity index (χ3v) is 1.73. The fraction of sp³-hybridized carbons (Fsp3) is 0.700. The van der Waals surface area contributed by atoms with E-state index >= 15 is 0 Å². The van der Waals surface area contributed by atoms with E-state index in [2.05, 4.69) is 6.58 Å². The summed E-state index contributed by atoms with van der Waals surface area (Å²) < 4.78 is 0. The van der Waals surface area contributed by atoms with Crippen LogP contribution in [-0.2, 0) is 4.79 Å². The number of hydrogen-bond donors (Lipinski definition) is 0. The van der Waals surface area contributed by atoms with Crippen molar-refractivity contribution in [2.75, 3.05) is 0 Å².